The van der Waals surface area contributed by atoms with Gasteiger partial charge in [-0.2, -0.15) is 9.90 Å². The first-order chi connectivity index (χ1) is 0. The second kappa shape index (κ2) is 73.1. The lowest BCUT2D eigenvalue weighted by Crippen LogP contribution is -0.481. The molecule has 28 valence electrons. The van der Waals surface area contributed by atoms with Gasteiger partial charge in [0.15, 0.2) is 0 Å². The maximum Gasteiger partial charge on any atom is 0 e. The number of rotatable bonds is 0. The van der Waals surface area contributed by atoms with E-state index in [1.165, 1.54) is 0 Å². The summed E-state index contributed by atoms with van der Waals surface area (Å²) in [6.45, 7) is 0. The Labute approximate surface area is 33.5 Å². The van der Waals surface area contributed by atoms with Crippen LogP contribution in [0.15, 0.2) is 0 Å². The summed E-state index contributed by atoms with van der Waals surface area (Å²) in [5.74, 6) is 0. The molecule has 1 unspecified atom stereocenters. The van der Waals surface area contributed by atoms with Crippen molar-refractivity contribution >= 4 is 20.9 Å². The Balaban J connectivity index is 0. The molecule has 4 heavy (non-hydrogen) atoms. The van der Waals surface area contributed by atoms with Crippen LogP contribution < -0.4 is 6.15 Å². The molecule has 0 heterocycles. The van der Waals surface area contributed by atoms with Gasteiger partial charge >= 0.3 is 0 Å². The lowest BCUT2D eigenvalue weighted by molar-refractivity contribution is 0.824. The highest BCUT2D eigenvalue weighted by atomic mass is 31.0. The predicted molar refractivity (Wildman–Crippen MR) is 25.5 cm³/mol. The molecule has 0 saturated carbocycles. The summed E-state index contributed by atoms with van der Waals surface area (Å²) < 4.78 is 0. The van der Waals surface area contributed by atoms with Crippen molar-refractivity contribution in [3.63, 3.8) is 0 Å². The molecule has 0 saturated heterocycles. The topological polar surface area (TPSA) is 66.5 Å². The van der Waals surface area contributed by atoms with Gasteiger partial charge < -0.3 is 11.6 Å². The third kappa shape index (κ3) is 19.6. The second-order valence-corrected chi connectivity index (χ2v) is 0. The Morgan fingerprint density at radius 1 is 1.00 bits per heavy atom. The molecule has 4 radical (unpaired) electrons. The molecule has 0 aromatic carbocycles. The Bertz CT molecular complexity index is 8.00. The molecule has 0 rings (SSSR count). The van der Waals surface area contributed by atoms with Crippen molar-refractivity contribution in [2.24, 2.45) is 0 Å². The zero-order chi connectivity index (χ0) is 0. The van der Waals surface area contributed by atoms with Crippen LogP contribution in [-0.2, 0) is 0 Å². The minimum atomic E-state index is 0. The fourth-order valence-corrected chi connectivity index (χ4v) is 0. The standard InChI is InChI=1S/H3N.H2O.H3P.Si/h1H3;1H2;1H3;. The van der Waals surface area contributed by atoms with Crippen LogP contribution in [0, 0.1) is 0 Å². The monoisotopic (exact) mass is 97.0 g/mol. The minimum Gasteiger partial charge on any atom is -0.412 e. The summed E-state index contributed by atoms with van der Waals surface area (Å²) in [6.07, 6.45) is 0. The number of hydrogen-bond acceptors (Lipinski definition) is 1. The van der Waals surface area contributed by atoms with Gasteiger partial charge in [0.1, 0.15) is 0 Å². The normalized spacial score (nSPS) is 0. The zero-order valence-corrected chi connectivity index (χ0v) is 4.83. The fraction of sp³-hybridized carbons (Fsp3) is 0. The van der Waals surface area contributed by atoms with Crippen molar-refractivity contribution in [3.8, 4) is 0 Å². The smallest absolute Gasteiger partial charge is 0 e. The molecule has 0 aromatic heterocycles. The minimum absolute atomic E-state index is 0. The van der Waals surface area contributed by atoms with E-state index in [0.717, 1.165) is 0 Å². The molecule has 0 bridgehead atoms. The van der Waals surface area contributed by atoms with Crippen molar-refractivity contribution < 1.29 is 5.48 Å². The summed E-state index contributed by atoms with van der Waals surface area (Å²) in [6, 6.07) is 0. The van der Waals surface area contributed by atoms with Crippen molar-refractivity contribution in [1.82, 2.24) is 6.15 Å². The summed E-state index contributed by atoms with van der Waals surface area (Å²) >= 11 is 0. The largest absolute Gasteiger partial charge is 0.412 e. The van der Waals surface area contributed by atoms with Gasteiger partial charge in [-0.05, 0) is 0 Å². The van der Waals surface area contributed by atoms with Gasteiger partial charge in [0, 0.05) is 11.0 Å². The van der Waals surface area contributed by atoms with Crippen molar-refractivity contribution in [2.45, 2.75) is 0 Å². The highest BCUT2D eigenvalue weighted by molar-refractivity contribution is 6.92. The van der Waals surface area contributed by atoms with E-state index in [1.54, 1.807) is 0 Å². The quantitative estimate of drug-likeness (QED) is 0.306. The van der Waals surface area contributed by atoms with E-state index in [2.05, 4.69) is 0 Å². The van der Waals surface area contributed by atoms with Crippen LogP contribution in [0.1, 0.15) is 0 Å². The van der Waals surface area contributed by atoms with Crippen LogP contribution in [0.25, 0.3) is 0 Å². The molecule has 0 aliphatic carbocycles. The Morgan fingerprint density at radius 2 is 1.00 bits per heavy atom. The van der Waals surface area contributed by atoms with Crippen molar-refractivity contribution in [3.05, 3.63) is 0 Å². The van der Waals surface area contributed by atoms with Crippen molar-refractivity contribution in [1.29, 1.82) is 0 Å². The summed E-state index contributed by atoms with van der Waals surface area (Å²) in [5, 5.41) is 0. The first-order valence-corrected chi connectivity index (χ1v) is 0. The van der Waals surface area contributed by atoms with Gasteiger partial charge in [-0.25, -0.2) is 0 Å². The number of hydrogen-bond donors (Lipinski definition) is 1. The molecule has 4 heteroatoms. The summed E-state index contributed by atoms with van der Waals surface area (Å²) in [7, 11) is 0. The van der Waals surface area contributed by atoms with Gasteiger partial charge in [0.05, 0.1) is 0 Å². The molecule has 5 N–H and O–H groups in total. The highest BCUT2D eigenvalue weighted by Gasteiger charge is 0.0000119. The van der Waals surface area contributed by atoms with Gasteiger partial charge in [0.2, 0.25) is 0 Å². The van der Waals surface area contributed by atoms with Gasteiger partial charge in [0.25, 0.3) is 0 Å². The van der Waals surface area contributed by atoms with E-state index in [1.807, 2.05) is 0 Å². The molecule has 0 spiro atoms. The Kier molecular flexibility index (Phi) is 3310. The third-order valence-electron chi connectivity index (χ3n) is 0. The first kappa shape index (κ1) is 181. The molecule has 0 aromatic rings. The first-order valence-electron chi connectivity index (χ1n) is 0. The average Bonchev–Trinajstić information content (AvgIpc) is 0. The molecule has 0 amide bonds. The molecule has 2 nitrogen and oxygen atoms in total. The van der Waals surface area contributed by atoms with Crippen LogP contribution in [0.3, 0.4) is 0 Å². The van der Waals surface area contributed by atoms with Crippen LogP contribution in [0.4, 0.5) is 0 Å². The Hall–Kier alpha value is 0.567. The fourth-order valence-electron chi connectivity index (χ4n) is 0. The lowest BCUT2D eigenvalue weighted by atomic mass is 14.0. The molecular weight excluding hydrogens is 89.1 g/mol. The van der Waals surface area contributed by atoms with E-state index < -0.39 is 0 Å². The van der Waals surface area contributed by atoms with Gasteiger partial charge in [-0.1, -0.05) is 0 Å². The molecule has 0 aliphatic heterocycles. The summed E-state index contributed by atoms with van der Waals surface area (Å²) in [5.41, 5.74) is 0. The van der Waals surface area contributed by atoms with Crippen LogP contribution >= 0.6 is 9.90 Å². The van der Waals surface area contributed by atoms with Crippen LogP contribution in [-0.4, -0.2) is 16.4 Å². The second-order valence-electron chi connectivity index (χ2n) is 0. The van der Waals surface area contributed by atoms with E-state index in [-0.39, 0.29) is 32.5 Å². The molecule has 1 atom stereocenters. The SMILES string of the molecule is N.O.P.[Si]. The predicted octanol–water partition coefficient (Wildman–Crippen LogP) is -0.985. The van der Waals surface area contributed by atoms with E-state index in [0.29, 0.717) is 0 Å². The van der Waals surface area contributed by atoms with Gasteiger partial charge in [-0.3, -0.25) is 0 Å². The maximum absolute atomic E-state index is 0. The lowest BCUT2D eigenvalue weighted by Gasteiger charge is -0.412. The third-order valence-corrected chi connectivity index (χ3v) is 0. The molecule has 0 aliphatic rings. The zero-order valence-electron chi connectivity index (χ0n) is 2.41. The van der Waals surface area contributed by atoms with E-state index in [9.17, 15) is 0 Å². The summed E-state index contributed by atoms with van der Waals surface area (Å²) in [4.78, 5) is 0. The van der Waals surface area contributed by atoms with E-state index in [4.69, 9.17) is 0 Å². The van der Waals surface area contributed by atoms with E-state index >= 15 is 0 Å². The average molecular weight is 97.1 g/mol. The molecular formula is H8NOPSi. The maximum atomic E-state index is 0. The van der Waals surface area contributed by atoms with Crippen molar-refractivity contribution in [2.75, 3.05) is 0 Å². The van der Waals surface area contributed by atoms with Crippen LogP contribution in [0.2, 0.25) is 0 Å². The van der Waals surface area contributed by atoms with Crippen LogP contribution in [0.5, 0.6) is 0 Å². The van der Waals surface area contributed by atoms with Gasteiger partial charge in [-0.15, -0.1) is 0 Å². The Morgan fingerprint density at radius 3 is 1.00 bits per heavy atom. The highest BCUT2D eigenvalue weighted by Crippen LogP contribution is 0.861. The molecule has 0 fully saturated rings.